The van der Waals surface area contributed by atoms with Crippen molar-refractivity contribution >= 4 is 42.1 Å². The number of rotatable bonds is 3. The topological polar surface area (TPSA) is 70.1 Å². The lowest BCUT2D eigenvalue weighted by molar-refractivity contribution is 0.0593. The molecule has 2 aromatic rings. The minimum Gasteiger partial charge on any atom is -0.464 e. The Morgan fingerprint density at radius 1 is 1.53 bits per heavy atom. The van der Waals surface area contributed by atoms with Gasteiger partial charge in [0, 0.05) is 48.3 Å². The van der Waals surface area contributed by atoms with Crippen LogP contribution in [0.4, 0.5) is 5.82 Å². The van der Waals surface area contributed by atoms with E-state index >= 15 is 0 Å². The number of nitrogen functional groups attached to an aromatic ring is 1. The number of halogens is 1. The lowest BCUT2D eigenvalue weighted by Gasteiger charge is -2.03. The van der Waals surface area contributed by atoms with Gasteiger partial charge in [-0.05, 0) is 30.2 Å². The van der Waals surface area contributed by atoms with Crippen LogP contribution in [0, 0.1) is 6.92 Å². The first kappa shape index (κ1) is 14.2. The smallest absolute Gasteiger partial charge is 0.355 e. The van der Waals surface area contributed by atoms with Gasteiger partial charge < -0.3 is 10.5 Å². The van der Waals surface area contributed by atoms with E-state index in [2.05, 4.69) is 26.2 Å². The van der Waals surface area contributed by atoms with Crippen molar-refractivity contribution in [2.24, 2.45) is 0 Å². The molecule has 0 aliphatic heterocycles. The van der Waals surface area contributed by atoms with Gasteiger partial charge in [-0.2, -0.15) is 0 Å². The Kier molecular flexibility index (Phi) is 4.35. The normalized spacial score (nSPS) is 10.5. The van der Waals surface area contributed by atoms with Crippen molar-refractivity contribution in [1.82, 2.24) is 8.96 Å². The van der Waals surface area contributed by atoms with Gasteiger partial charge in [0.1, 0.15) is 11.5 Å². The fourth-order valence-corrected chi connectivity index (χ4v) is 3.09. The molecular weight excluding hydrogens is 377 g/mol. The van der Waals surface area contributed by atoms with Crippen LogP contribution in [0.1, 0.15) is 16.1 Å². The molecule has 0 fully saturated rings. The zero-order chi connectivity index (χ0) is 14.0. The molecule has 5 nitrogen and oxygen atoms in total. The molecule has 0 saturated carbocycles. The SMILES string of the molecule is COC(=O)c1cc(-c2cc(N)ncc2C)cn1SI. The van der Waals surface area contributed by atoms with Crippen molar-refractivity contribution in [3.8, 4) is 11.1 Å². The Morgan fingerprint density at radius 3 is 2.89 bits per heavy atom. The second-order valence-corrected chi connectivity index (χ2v) is 5.64. The molecule has 2 aromatic heterocycles. The molecule has 0 bridgehead atoms. The molecule has 0 radical (unpaired) electrons. The maximum atomic E-state index is 11.7. The van der Waals surface area contributed by atoms with E-state index in [1.54, 1.807) is 22.3 Å². The molecule has 7 heteroatoms. The Hall–Kier alpha value is -1.22. The molecule has 0 aromatic carbocycles. The van der Waals surface area contributed by atoms with Gasteiger partial charge in [-0.25, -0.2) is 9.78 Å². The first-order chi connectivity index (χ1) is 9.06. The van der Waals surface area contributed by atoms with Gasteiger partial charge in [-0.3, -0.25) is 3.97 Å². The van der Waals surface area contributed by atoms with Gasteiger partial charge in [-0.15, -0.1) is 0 Å². The molecule has 0 aliphatic carbocycles. The maximum absolute atomic E-state index is 11.7. The Bertz CT molecular complexity index is 627. The molecule has 100 valence electrons. The van der Waals surface area contributed by atoms with Crippen molar-refractivity contribution in [2.45, 2.75) is 6.92 Å². The molecule has 0 spiro atoms. The monoisotopic (exact) mass is 389 g/mol. The van der Waals surface area contributed by atoms with Crippen molar-refractivity contribution in [3.63, 3.8) is 0 Å². The molecule has 0 amide bonds. The van der Waals surface area contributed by atoms with Crippen LogP contribution in [-0.4, -0.2) is 22.0 Å². The van der Waals surface area contributed by atoms with Gasteiger partial charge in [0.15, 0.2) is 0 Å². The Morgan fingerprint density at radius 2 is 2.26 bits per heavy atom. The number of carbonyl (C=O) groups is 1. The number of nitrogens with zero attached hydrogens (tertiary/aromatic N) is 2. The van der Waals surface area contributed by atoms with Crippen molar-refractivity contribution < 1.29 is 9.53 Å². The quantitative estimate of drug-likeness (QED) is 0.646. The van der Waals surface area contributed by atoms with Gasteiger partial charge in [0.2, 0.25) is 0 Å². The van der Waals surface area contributed by atoms with E-state index in [0.29, 0.717) is 11.5 Å². The fraction of sp³-hybridized carbons (Fsp3) is 0.167. The number of carbonyl (C=O) groups excluding carboxylic acids is 1. The molecule has 0 atom stereocenters. The Labute approximate surface area is 127 Å². The van der Waals surface area contributed by atoms with Gasteiger partial charge in [0.25, 0.3) is 0 Å². The number of anilines is 1. The van der Waals surface area contributed by atoms with Crippen LogP contribution in [0.2, 0.25) is 0 Å². The summed E-state index contributed by atoms with van der Waals surface area (Å²) in [4.78, 5) is 15.7. The van der Waals surface area contributed by atoms with Crippen LogP contribution in [0.25, 0.3) is 11.1 Å². The molecular formula is C12H12IN3O2S. The summed E-state index contributed by atoms with van der Waals surface area (Å²) in [6, 6.07) is 3.59. The van der Waals surface area contributed by atoms with E-state index in [4.69, 9.17) is 10.5 Å². The average Bonchev–Trinajstić information content (AvgIpc) is 2.84. The predicted octanol–water partition coefficient (Wildman–Crippen LogP) is 3.07. The fourth-order valence-electron chi connectivity index (χ4n) is 1.75. The number of pyridine rings is 1. The first-order valence-corrected chi connectivity index (χ1v) is 8.70. The van der Waals surface area contributed by atoms with Crippen molar-refractivity contribution in [2.75, 3.05) is 12.8 Å². The largest absolute Gasteiger partial charge is 0.464 e. The summed E-state index contributed by atoms with van der Waals surface area (Å²) in [5.74, 6) is 0.0881. The number of hydrogen-bond donors (Lipinski definition) is 1. The van der Waals surface area contributed by atoms with Gasteiger partial charge in [-0.1, -0.05) is 0 Å². The zero-order valence-corrected chi connectivity index (χ0v) is 13.4. The summed E-state index contributed by atoms with van der Waals surface area (Å²) in [6.45, 7) is 1.95. The predicted molar refractivity (Wildman–Crippen MR) is 85.2 cm³/mol. The van der Waals surface area contributed by atoms with Crippen LogP contribution in [0.15, 0.2) is 24.5 Å². The molecule has 2 N–H and O–H groups in total. The van der Waals surface area contributed by atoms with E-state index in [1.165, 1.54) is 16.2 Å². The van der Waals surface area contributed by atoms with Crippen LogP contribution in [0.3, 0.4) is 0 Å². The standard InChI is InChI=1S/C12H12IN3O2S/c1-7-5-15-11(14)4-9(7)8-3-10(12(17)18-2)16(6-8)19-13/h3-6H,1-2H3,(H2,14,15). The maximum Gasteiger partial charge on any atom is 0.355 e. The Balaban J connectivity index is 2.54. The average molecular weight is 389 g/mol. The van der Waals surface area contributed by atoms with E-state index in [1.807, 2.05) is 13.1 Å². The number of esters is 1. The molecule has 19 heavy (non-hydrogen) atoms. The number of aromatic nitrogens is 2. The summed E-state index contributed by atoms with van der Waals surface area (Å²) >= 11 is 2.11. The summed E-state index contributed by atoms with van der Waals surface area (Å²) in [5, 5.41) is 0. The number of hydrogen-bond acceptors (Lipinski definition) is 5. The highest BCUT2D eigenvalue weighted by molar-refractivity contribution is 14.2. The van der Waals surface area contributed by atoms with Crippen LogP contribution in [0.5, 0.6) is 0 Å². The third kappa shape index (κ3) is 2.86. The highest BCUT2D eigenvalue weighted by atomic mass is 127. The summed E-state index contributed by atoms with van der Waals surface area (Å²) in [7, 11) is 2.77. The lowest BCUT2D eigenvalue weighted by Crippen LogP contribution is -2.04. The van der Waals surface area contributed by atoms with Gasteiger partial charge >= 0.3 is 5.97 Å². The third-order valence-corrected chi connectivity index (χ3v) is 4.41. The van der Waals surface area contributed by atoms with E-state index in [-0.39, 0.29) is 5.97 Å². The van der Waals surface area contributed by atoms with E-state index < -0.39 is 0 Å². The molecule has 0 unspecified atom stereocenters. The van der Waals surface area contributed by atoms with Gasteiger partial charge in [0.05, 0.1) is 7.11 Å². The molecule has 0 aliphatic rings. The highest BCUT2D eigenvalue weighted by Gasteiger charge is 2.16. The zero-order valence-electron chi connectivity index (χ0n) is 10.4. The highest BCUT2D eigenvalue weighted by Crippen LogP contribution is 2.30. The number of aryl methyl sites for hydroxylation is 1. The first-order valence-electron chi connectivity index (χ1n) is 5.39. The summed E-state index contributed by atoms with van der Waals surface area (Å²) in [6.07, 6.45) is 3.60. The van der Waals surface area contributed by atoms with Crippen LogP contribution >= 0.6 is 30.3 Å². The molecule has 0 saturated heterocycles. The molecule has 2 rings (SSSR count). The second-order valence-electron chi connectivity index (χ2n) is 3.92. The van der Waals surface area contributed by atoms with E-state index in [0.717, 1.165) is 16.7 Å². The minimum absolute atomic E-state index is 0.366. The summed E-state index contributed by atoms with van der Waals surface area (Å²) < 4.78 is 6.53. The van der Waals surface area contributed by atoms with Crippen LogP contribution < -0.4 is 5.73 Å². The second kappa shape index (κ2) is 5.83. The van der Waals surface area contributed by atoms with E-state index in [9.17, 15) is 4.79 Å². The van der Waals surface area contributed by atoms with Crippen molar-refractivity contribution in [1.29, 1.82) is 0 Å². The number of methoxy groups -OCH3 is 1. The van der Waals surface area contributed by atoms with Crippen molar-refractivity contribution in [3.05, 3.63) is 35.8 Å². The number of ether oxygens (including phenoxy) is 1. The number of nitrogens with two attached hydrogens (primary N) is 1. The molecule has 2 heterocycles. The lowest BCUT2D eigenvalue weighted by atomic mass is 10.1. The third-order valence-electron chi connectivity index (χ3n) is 2.69. The minimum atomic E-state index is -0.366. The van der Waals surface area contributed by atoms with Crippen LogP contribution in [-0.2, 0) is 4.74 Å². The summed E-state index contributed by atoms with van der Waals surface area (Å²) in [5.41, 5.74) is 9.08.